The molecule has 8 heteroatoms. The molecule has 2 rings (SSSR count). The summed E-state index contributed by atoms with van der Waals surface area (Å²) in [4.78, 5) is 23.1. The number of esters is 2. The van der Waals surface area contributed by atoms with Crippen molar-refractivity contribution in [3.8, 4) is 23.0 Å². The molecule has 176 valence electrons. The van der Waals surface area contributed by atoms with Gasteiger partial charge in [-0.1, -0.05) is 19.6 Å². The van der Waals surface area contributed by atoms with Crippen molar-refractivity contribution in [1.82, 2.24) is 0 Å². The molecule has 2 atom stereocenters. The Labute approximate surface area is 188 Å². The third kappa shape index (κ3) is 8.75. The van der Waals surface area contributed by atoms with Crippen LogP contribution in [0.25, 0.3) is 0 Å². The molecule has 0 spiro atoms. The van der Waals surface area contributed by atoms with Gasteiger partial charge in [-0.2, -0.15) is 0 Å². The van der Waals surface area contributed by atoms with Gasteiger partial charge in [0.05, 0.1) is 0 Å². The molecule has 0 saturated heterocycles. The van der Waals surface area contributed by atoms with E-state index >= 15 is 0 Å². The number of carbonyl (C=O) groups is 2. The van der Waals surface area contributed by atoms with E-state index in [2.05, 4.69) is 0 Å². The van der Waals surface area contributed by atoms with Crippen LogP contribution in [0.4, 0.5) is 0 Å². The number of phenolic OH excluding ortho intramolecular Hbond substituents is 4. The van der Waals surface area contributed by atoms with E-state index < -0.39 is 24.1 Å². The molecule has 0 saturated carbocycles. The van der Waals surface area contributed by atoms with Crippen LogP contribution in [0.3, 0.4) is 0 Å². The molecule has 0 unspecified atom stereocenters. The van der Waals surface area contributed by atoms with E-state index in [0.717, 1.165) is 11.1 Å². The van der Waals surface area contributed by atoms with Gasteiger partial charge in [0.2, 0.25) is 0 Å². The first-order chi connectivity index (χ1) is 14.6. The number of hydrogen-bond donors (Lipinski definition) is 4. The molecule has 0 aliphatic carbocycles. The number of hydrogen-bond acceptors (Lipinski definition) is 8. The van der Waals surface area contributed by atoms with Gasteiger partial charge < -0.3 is 29.9 Å². The second-order valence-electron chi connectivity index (χ2n) is 7.42. The fraction of sp³-hybridized carbons (Fsp3) is 0.417. The van der Waals surface area contributed by atoms with Crippen molar-refractivity contribution in [3.63, 3.8) is 0 Å². The maximum absolute atomic E-state index is 11.6. The topological polar surface area (TPSA) is 134 Å². The first kappa shape index (κ1) is 26.6. The quantitative estimate of drug-likeness (QED) is 0.317. The van der Waals surface area contributed by atoms with Crippen molar-refractivity contribution >= 4 is 11.9 Å². The summed E-state index contributed by atoms with van der Waals surface area (Å²) in [5.41, 5.74) is 1.52. The molecule has 2 aromatic rings. The molecular weight excluding hydrogens is 416 g/mol. The Bertz CT molecular complexity index is 835. The van der Waals surface area contributed by atoms with Crippen molar-refractivity contribution in [1.29, 1.82) is 0 Å². The summed E-state index contributed by atoms with van der Waals surface area (Å²) in [6.45, 7) is 2.61. The molecule has 4 N–H and O–H groups in total. The van der Waals surface area contributed by atoms with Gasteiger partial charge in [-0.05, 0) is 61.1 Å². The minimum Gasteiger partial charge on any atom is -0.504 e. The molecule has 2 aromatic carbocycles. The Balaban J connectivity index is 0.00000512. The average Bonchev–Trinajstić information content (AvgIpc) is 2.68. The predicted molar refractivity (Wildman–Crippen MR) is 119 cm³/mol. The zero-order chi connectivity index (χ0) is 23.0. The van der Waals surface area contributed by atoms with Gasteiger partial charge in [-0.25, -0.2) is 0 Å². The first-order valence-corrected chi connectivity index (χ1v) is 10.00. The molecular formula is C24H32O8. The number of aromatic hydroxyl groups is 4. The summed E-state index contributed by atoms with van der Waals surface area (Å²) < 4.78 is 10.8. The van der Waals surface area contributed by atoms with Gasteiger partial charge in [0.1, 0.15) is 12.2 Å². The van der Waals surface area contributed by atoms with Crippen LogP contribution in [0.5, 0.6) is 23.0 Å². The lowest BCUT2D eigenvalue weighted by molar-refractivity contribution is -0.153. The van der Waals surface area contributed by atoms with E-state index in [1.807, 2.05) is 0 Å². The summed E-state index contributed by atoms with van der Waals surface area (Å²) in [6, 6.07) is 9.00. The Kier molecular flexibility index (Phi) is 10.3. The summed E-state index contributed by atoms with van der Waals surface area (Å²) >= 11 is 0. The molecule has 0 heterocycles. The Morgan fingerprint density at radius 1 is 0.719 bits per heavy atom. The van der Waals surface area contributed by atoms with Crippen LogP contribution in [0, 0.1) is 0 Å². The lowest BCUT2D eigenvalue weighted by atomic mass is 9.98. The monoisotopic (exact) mass is 448 g/mol. The van der Waals surface area contributed by atoms with Crippen molar-refractivity contribution in [2.75, 3.05) is 0 Å². The van der Waals surface area contributed by atoms with Gasteiger partial charge in [0.25, 0.3) is 0 Å². The fourth-order valence-electron chi connectivity index (χ4n) is 3.32. The number of rotatable bonds is 10. The highest BCUT2D eigenvalue weighted by atomic mass is 16.6. The zero-order valence-electron chi connectivity index (χ0n) is 17.6. The summed E-state index contributed by atoms with van der Waals surface area (Å²) in [5, 5.41) is 38.1. The molecule has 8 nitrogen and oxygen atoms in total. The highest BCUT2D eigenvalue weighted by molar-refractivity contribution is 5.66. The summed E-state index contributed by atoms with van der Waals surface area (Å²) in [6.07, 6.45) is 1.06. The molecule has 0 amide bonds. The van der Waals surface area contributed by atoms with Gasteiger partial charge in [-0.15, -0.1) is 0 Å². The fourth-order valence-corrected chi connectivity index (χ4v) is 3.32. The van der Waals surface area contributed by atoms with Gasteiger partial charge in [0, 0.05) is 20.3 Å². The lowest BCUT2D eigenvalue weighted by Gasteiger charge is -2.23. The molecule has 0 radical (unpaired) electrons. The van der Waals surface area contributed by atoms with E-state index in [0.29, 0.717) is 25.7 Å². The largest absolute Gasteiger partial charge is 0.504 e. The standard InChI is InChI=1S/C23H28O8.CH4/c1-14(24)30-18(7-3-16-5-9-20(26)22(28)11-16)13-19(31-15(2)25)8-4-17-6-10-21(27)23(29)12-17;/h5-6,9-12,18-19,26-29H,3-4,7-8,13H2,1-2H3;1H4/t18-,19-;/m1./s1. The number of aryl methyl sites for hydroxylation is 2. The Morgan fingerprint density at radius 2 is 1.09 bits per heavy atom. The smallest absolute Gasteiger partial charge is 0.302 e. The summed E-state index contributed by atoms with van der Waals surface area (Å²) in [5.74, 6) is -1.79. The number of benzene rings is 2. The van der Waals surface area contributed by atoms with Crippen LogP contribution in [0.15, 0.2) is 36.4 Å². The Morgan fingerprint density at radius 3 is 1.41 bits per heavy atom. The first-order valence-electron chi connectivity index (χ1n) is 10.00. The molecule has 32 heavy (non-hydrogen) atoms. The van der Waals surface area contributed by atoms with Crippen LogP contribution in [-0.4, -0.2) is 44.6 Å². The van der Waals surface area contributed by atoms with E-state index in [1.165, 1.54) is 38.1 Å². The van der Waals surface area contributed by atoms with E-state index in [1.54, 1.807) is 12.1 Å². The van der Waals surface area contributed by atoms with E-state index in [-0.39, 0.29) is 36.8 Å². The minimum atomic E-state index is -0.522. The lowest BCUT2D eigenvalue weighted by Crippen LogP contribution is -2.27. The normalized spacial score (nSPS) is 12.3. The molecule has 0 aliphatic rings. The third-order valence-electron chi connectivity index (χ3n) is 4.78. The van der Waals surface area contributed by atoms with Gasteiger partial charge in [0.15, 0.2) is 23.0 Å². The Hall–Kier alpha value is -3.42. The van der Waals surface area contributed by atoms with Crippen molar-refractivity contribution < 1.29 is 39.5 Å². The highest BCUT2D eigenvalue weighted by Gasteiger charge is 2.22. The van der Waals surface area contributed by atoms with Crippen LogP contribution >= 0.6 is 0 Å². The maximum atomic E-state index is 11.6. The number of ether oxygens (including phenoxy) is 2. The van der Waals surface area contributed by atoms with Crippen LogP contribution in [-0.2, 0) is 31.9 Å². The van der Waals surface area contributed by atoms with E-state index in [4.69, 9.17) is 9.47 Å². The predicted octanol–water partition coefficient (Wildman–Crippen LogP) is 3.96. The van der Waals surface area contributed by atoms with Crippen molar-refractivity contribution in [2.45, 2.75) is 65.6 Å². The third-order valence-corrected chi connectivity index (χ3v) is 4.78. The number of carbonyl (C=O) groups excluding carboxylic acids is 2. The maximum Gasteiger partial charge on any atom is 0.302 e. The minimum absolute atomic E-state index is 0. The average molecular weight is 449 g/mol. The van der Waals surface area contributed by atoms with Crippen LogP contribution < -0.4 is 0 Å². The second kappa shape index (κ2) is 12.4. The molecule has 0 aliphatic heterocycles. The second-order valence-corrected chi connectivity index (χ2v) is 7.42. The zero-order valence-corrected chi connectivity index (χ0v) is 17.6. The molecule has 0 fully saturated rings. The van der Waals surface area contributed by atoms with Crippen LogP contribution in [0.1, 0.15) is 51.7 Å². The van der Waals surface area contributed by atoms with E-state index in [9.17, 15) is 30.0 Å². The van der Waals surface area contributed by atoms with Crippen molar-refractivity contribution in [3.05, 3.63) is 47.5 Å². The van der Waals surface area contributed by atoms with Crippen molar-refractivity contribution in [2.24, 2.45) is 0 Å². The number of phenols is 4. The molecule has 0 aromatic heterocycles. The SMILES string of the molecule is C.CC(=O)O[C@H](CCc1ccc(O)c(O)c1)C[C@@H](CCc1ccc(O)c(O)c1)OC(C)=O. The van der Waals surface area contributed by atoms with Gasteiger partial charge >= 0.3 is 11.9 Å². The highest BCUT2D eigenvalue weighted by Crippen LogP contribution is 2.28. The summed E-state index contributed by atoms with van der Waals surface area (Å²) in [7, 11) is 0. The van der Waals surface area contributed by atoms with Crippen LogP contribution in [0.2, 0.25) is 0 Å². The molecule has 0 bridgehead atoms. The van der Waals surface area contributed by atoms with Gasteiger partial charge in [-0.3, -0.25) is 9.59 Å².